The summed E-state index contributed by atoms with van der Waals surface area (Å²) in [7, 11) is 1.65. The van der Waals surface area contributed by atoms with E-state index in [1.807, 2.05) is 20.1 Å². The number of aliphatic hydroxyl groups excluding tert-OH is 1. The Morgan fingerprint density at radius 1 is 1.39 bits per heavy atom. The van der Waals surface area contributed by atoms with Crippen molar-refractivity contribution in [2.75, 3.05) is 7.11 Å². The lowest BCUT2D eigenvalue weighted by molar-refractivity contribution is -0.149. The number of epoxide rings is 1. The third-order valence-electron chi connectivity index (χ3n) is 8.16. The quantitative estimate of drug-likeness (QED) is 0.456. The molecule has 1 saturated heterocycles. The molecule has 1 spiro atoms. The summed E-state index contributed by atoms with van der Waals surface area (Å²) < 4.78 is 18.0. The molecule has 5 rings (SSSR count). The van der Waals surface area contributed by atoms with Crippen molar-refractivity contribution in [1.82, 2.24) is 0 Å². The molecule has 4 aliphatic rings. The van der Waals surface area contributed by atoms with Crippen molar-refractivity contribution in [3.05, 3.63) is 34.8 Å². The van der Waals surface area contributed by atoms with Crippen LogP contribution >= 0.6 is 11.6 Å². The fourth-order valence-corrected chi connectivity index (χ4v) is 7.02. The summed E-state index contributed by atoms with van der Waals surface area (Å²) >= 11 is 6.80. The van der Waals surface area contributed by atoms with E-state index in [2.05, 4.69) is 13.0 Å². The van der Waals surface area contributed by atoms with Gasteiger partial charge < -0.3 is 24.1 Å². The lowest BCUT2D eigenvalue weighted by atomic mass is 9.50. The van der Waals surface area contributed by atoms with Crippen LogP contribution in [0.2, 0.25) is 0 Å². The zero-order chi connectivity index (χ0) is 20.1. The number of halogens is 1. The van der Waals surface area contributed by atoms with Gasteiger partial charge in [-0.3, -0.25) is 0 Å². The van der Waals surface area contributed by atoms with Gasteiger partial charge in [-0.05, 0) is 53.2 Å². The Morgan fingerprint density at radius 3 is 2.79 bits per heavy atom. The second kappa shape index (κ2) is 5.86. The SMILES string of the molecule is CO[C@H]1[C@]23O[C@H]2C[C@H]2c4coc(CO)c4CC[C@]2(C)C3=C[C@@H](Cl)[C@@]1(O)C(C)C. The summed E-state index contributed by atoms with van der Waals surface area (Å²) in [5.41, 5.74) is 1.60. The van der Waals surface area contributed by atoms with Crippen LogP contribution in [0, 0.1) is 11.3 Å². The van der Waals surface area contributed by atoms with Crippen molar-refractivity contribution < 1.29 is 24.1 Å². The first-order valence-electron chi connectivity index (χ1n) is 10.2. The highest BCUT2D eigenvalue weighted by Gasteiger charge is 2.77. The predicted octanol–water partition coefficient (Wildman–Crippen LogP) is 3.30. The van der Waals surface area contributed by atoms with Crippen LogP contribution in [0.1, 0.15) is 56.4 Å². The molecule has 0 aromatic carbocycles. The molecule has 6 heteroatoms. The van der Waals surface area contributed by atoms with Gasteiger partial charge in [-0.15, -0.1) is 11.6 Å². The summed E-state index contributed by atoms with van der Waals surface area (Å²) in [6.45, 7) is 6.18. The maximum absolute atomic E-state index is 11.6. The maximum Gasteiger partial charge on any atom is 0.145 e. The van der Waals surface area contributed by atoms with Gasteiger partial charge >= 0.3 is 0 Å². The average molecular weight is 409 g/mol. The van der Waals surface area contributed by atoms with Crippen LogP contribution in [0.3, 0.4) is 0 Å². The molecule has 1 aromatic heterocycles. The van der Waals surface area contributed by atoms with Gasteiger partial charge in [0.15, 0.2) is 0 Å². The molecular weight excluding hydrogens is 380 g/mol. The smallest absolute Gasteiger partial charge is 0.145 e. The van der Waals surface area contributed by atoms with Crippen LogP contribution in [0.4, 0.5) is 0 Å². The number of furan rings is 1. The monoisotopic (exact) mass is 408 g/mol. The zero-order valence-corrected chi connectivity index (χ0v) is 17.6. The van der Waals surface area contributed by atoms with Crippen molar-refractivity contribution in [2.24, 2.45) is 11.3 Å². The van der Waals surface area contributed by atoms with E-state index in [1.54, 1.807) is 7.11 Å². The Hall–Kier alpha value is -0.850. The fraction of sp³-hybridized carbons (Fsp3) is 0.727. The molecule has 7 atom stereocenters. The number of rotatable bonds is 3. The number of fused-ring (bicyclic) bond motifs is 4. The molecule has 5 nitrogen and oxygen atoms in total. The van der Waals surface area contributed by atoms with Crippen LogP contribution < -0.4 is 0 Å². The Labute approximate surface area is 170 Å². The third kappa shape index (κ3) is 2.02. The predicted molar refractivity (Wildman–Crippen MR) is 104 cm³/mol. The number of hydrogen-bond donors (Lipinski definition) is 2. The van der Waals surface area contributed by atoms with E-state index in [1.165, 1.54) is 11.1 Å². The van der Waals surface area contributed by atoms with Crippen molar-refractivity contribution in [2.45, 2.75) is 81.3 Å². The van der Waals surface area contributed by atoms with Gasteiger partial charge in [-0.25, -0.2) is 0 Å². The molecule has 1 aliphatic heterocycles. The molecule has 1 saturated carbocycles. The van der Waals surface area contributed by atoms with Crippen LogP contribution in [0.25, 0.3) is 0 Å². The van der Waals surface area contributed by atoms with Gasteiger partial charge in [0.25, 0.3) is 0 Å². The number of aliphatic hydroxyl groups is 2. The van der Waals surface area contributed by atoms with E-state index in [9.17, 15) is 10.2 Å². The van der Waals surface area contributed by atoms with E-state index >= 15 is 0 Å². The molecule has 0 unspecified atom stereocenters. The van der Waals surface area contributed by atoms with Gasteiger partial charge in [-0.2, -0.15) is 0 Å². The molecule has 0 bridgehead atoms. The highest BCUT2D eigenvalue weighted by Crippen LogP contribution is 2.70. The van der Waals surface area contributed by atoms with Crippen molar-refractivity contribution in [1.29, 1.82) is 0 Å². The third-order valence-corrected chi connectivity index (χ3v) is 8.64. The Bertz CT molecular complexity index is 846. The lowest BCUT2D eigenvalue weighted by Gasteiger charge is -2.55. The van der Waals surface area contributed by atoms with E-state index in [-0.39, 0.29) is 30.0 Å². The largest absolute Gasteiger partial charge is 0.466 e. The van der Waals surface area contributed by atoms with Gasteiger partial charge in [0, 0.05) is 7.11 Å². The van der Waals surface area contributed by atoms with Crippen LogP contribution in [-0.2, 0) is 22.5 Å². The number of alkyl halides is 1. The summed E-state index contributed by atoms with van der Waals surface area (Å²) in [5.74, 6) is 0.864. The average Bonchev–Trinajstić information content (AvgIpc) is 3.20. The molecule has 2 N–H and O–H groups in total. The Kier molecular flexibility index (Phi) is 4.00. The summed E-state index contributed by atoms with van der Waals surface area (Å²) in [4.78, 5) is 0. The molecule has 3 aliphatic carbocycles. The second-order valence-electron chi connectivity index (χ2n) is 9.50. The summed E-state index contributed by atoms with van der Waals surface area (Å²) in [5, 5.41) is 20.6. The summed E-state index contributed by atoms with van der Waals surface area (Å²) in [6.07, 6.45) is 6.01. The van der Waals surface area contributed by atoms with Crippen LogP contribution in [0.15, 0.2) is 22.3 Å². The number of ether oxygens (including phenoxy) is 2. The molecular formula is C22H29ClO5. The zero-order valence-electron chi connectivity index (χ0n) is 16.9. The highest BCUT2D eigenvalue weighted by molar-refractivity contribution is 6.23. The number of hydrogen-bond acceptors (Lipinski definition) is 5. The molecule has 28 heavy (non-hydrogen) atoms. The Morgan fingerprint density at radius 2 is 2.14 bits per heavy atom. The van der Waals surface area contributed by atoms with Crippen molar-refractivity contribution >= 4 is 11.6 Å². The van der Waals surface area contributed by atoms with Gasteiger partial charge in [0.05, 0.1) is 17.7 Å². The standard InChI is InChI=1S/C22H29ClO5/c1-11(2)21(25)17(23)8-16-20(3)6-5-12-13(10-27-15(12)9-24)14(20)7-18-22(16,28-18)19(21)26-4/h8,10-11,14,17-19,24-25H,5-7,9H2,1-4H3/t14-,17+,18-,19+,20-,21-,22+/m0/s1. The van der Waals surface area contributed by atoms with Crippen molar-refractivity contribution in [3.63, 3.8) is 0 Å². The van der Waals surface area contributed by atoms with E-state index < -0.39 is 22.7 Å². The second-order valence-corrected chi connectivity index (χ2v) is 9.97. The first-order chi connectivity index (χ1) is 13.2. The van der Waals surface area contributed by atoms with E-state index in [0.717, 1.165) is 24.8 Å². The maximum atomic E-state index is 11.6. The topological polar surface area (TPSA) is 75.4 Å². The van der Waals surface area contributed by atoms with Gasteiger partial charge in [0.2, 0.25) is 0 Å². The molecule has 154 valence electrons. The number of methoxy groups -OCH3 is 1. The molecule has 1 aromatic rings. The lowest BCUT2D eigenvalue weighted by Crippen LogP contribution is -2.66. The molecule has 0 amide bonds. The first-order valence-corrected chi connectivity index (χ1v) is 10.7. The van der Waals surface area contributed by atoms with Crippen LogP contribution in [0.5, 0.6) is 0 Å². The molecule has 0 radical (unpaired) electrons. The van der Waals surface area contributed by atoms with E-state index in [4.69, 9.17) is 25.5 Å². The van der Waals surface area contributed by atoms with Crippen molar-refractivity contribution in [3.8, 4) is 0 Å². The minimum absolute atomic E-state index is 0.00496. The normalized spacial score (nSPS) is 46.4. The minimum atomic E-state index is -1.18. The molecule has 2 heterocycles. The minimum Gasteiger partial charge on any atom is -0.466 e. The highest BCUT2D eigenvalue weighted by atomic mass is 35.5. The Balaban J connectivity index is 1.65. The van der Waals surface area contributed by atoms with Crippen LogP contribution in [-0.4, -0.2) is 46.1 Å². The van der Waals surface area contributed by atoms with E-state index in [0.29, 0.717) is 5.76 Å². The summed E-state index contributed by atoms with van der Waals surface area (Å²) in [6, 6.07) is 0. The van der Waals surface area contributed by atoms with Gasteiger partial charge in [-0.1, -0.05) is 26.8 Å². The molecule has 2 fully saturated rings. The fourth-order valence-electron chi connectivity index (χ4n) is 6.53. The first kappa shape index (κ1) is 19.1. The van der Waals surface area contributed by atoms with Gasteiger partial charge in [0.1, 0.15) is 29.7 Å².